The lowest BCUT2D eigenvalue weighted by atomic mass is 10.1. The van der Waals surface area contributed by atoms with Crippen LogP contribution in [-0.4, -0.2) is 70.1 Å². The molecule has 2 saturated heterocycles. The highest BCUT2D eigenvalue weighted by molar-refractivity contribution is 5.97. The van der Waals surface area contributed by atoms with Crippen molar-refractivity contribution in [3.63, 3.8) is 0 Å². The van der Waals surface area contributed by atoms with Crippen molar-refractivity contribution in [2.45, 2.75) is 58.8 Å². The second-order valence-electron chi connectivity index (χ2n) is 8.37. The second kappa shape index (κ2) is 7.76. The van der Waals surface area contributed by atoms with E-state index in [1.807, 2.05) is 32.0 Å². The van der Waals surface area contributed by atoms with E-state index in [4.69, 9.17) is 4.74 Å². The maximum Gasteiger partial charge on any atom is 0.254 e. The second-order valence-corrected chi connectivity index (χ2v) is 8.37. The molecule has 0 spiro atoms. The van der Waals surface area contributed by atoms with Crippen LogP contribution in [0.2, 0.25) is 0 Å². The maximum absolute atomic E-state index is 13.3. The van der Waals surface area contributed by atoms with E-state index in [2.05, 4.69) is 33.6 Å². The molecule has 2 fully saturated rings. The molecule has 2 aliphatic rings. The summed E-state index contributed by atoms with van der Waals surface area (Å²) in [7, 11) is 0. The lowest BCUT2D eigenvalue weighted by Gasteiger charge is -2.38. The summed E-state index contributed by atoms with van der Waals surface area (Å²) in [5.41, 5.74) is 4.18. The third-order valence-corrected chi connectivity index (χ3v) is 5.92. The molecular formula is C22H30N4O2. The highest BCUT2D eigenvalue weighted by Gasteiger charge is 2.33. The number of fused-ring (bicyclic) bond motifs is 1. The van der Waals surface area contributed by atoms with Gasteiger partial charge in [-0.05, 0) is 58.7 Å². The van der Waals surface area contributed by atoms with Crippen LogP contribution in [-0.2, 0) is 4.74 Å². The molecular weight excluding hydrogens is 352 g/mol. The molecule has 0 unspecified atom stereocenters. The number of hydrogen-bond acceptors (Lipinski definition) is 5. The third-order valence-electron chi connectivity index (χ3n) is 5.92. The SMILES string of the molecule is Cc1nc2ccc(C(=O)N3CCC[C@@H]3CN3C[C@H](C)O[C@@H](C)C3)cc2nc1C. The largest absolute Gasteiger partial charge is 0.373 e. The summed E-state index contributed by atoms with van der Waals surface area (Å²) in [6.45, 7) is 11.8. The van der Waals surface area contributed by atoms with E-state index in [-0.39, 0.29) is 24.2 Å². The monoisotopic (exact) mass is 382 g/mol. The minimum Gasteiger partial charge on any atom is -0.373 e. The van der Waals surface area contributed by atoms with Crippen molar-refractivity contribution in [2.75, 3.05) is 26.2 Å². The number of carbonyl (C=O) groups excluding carboxylic acids is 1. The van der Waals surface area contributed by atoms with Gasteiger partial charge in [0, 0.05) is 37.8 Å². The van der Waals surface area contributed by atoms with Crippen LogP contribution < -0.4 is 0 Å². The van der Waals surface area contributed by atoms with E-state index >= 15 is 0 Å². The van der Waals surface area contributed by atoms with Gasteiger partial charge < -0.3 is 9.64 Å². The Kier molecular flexibility index (Phi) is 5.34. The Labute approximate surface area is 166 Å². The summed E-state index contributed by atoms with van der Waals surface area (Å²) >= 11 is 0. The molecule has 2 aliphatic heterocycles. The zero-order valence-electron chi connectivity index (χ0n) is 17.3. The number of likely N-dealkylation sites (tertiary alicyclic amines) is 1. The predicted molar refractivity (Wildman–Crippen MR) is 110 cm³/mol. The molecule has 6 heteroatoms. The van der Waals surface area contributed by atoms with Crippen molar-refractivity contribution < 1.29 is 9.53 Å². The van der Waals surface area contributed by atoms with Crippen LogP contribution in [0.1, 0.15) is 48.4 Å². The van der Waals surface area contributed by atoms with Gasteiger partial charge >= 0.3 is 0 Å². The van der Waals surface area contributed by atoms with Crippen molar-refractivity contribution in [1.29, 1.82) is 0 Å². The Balaban J connectivity index is 1.51. The van der Waals surface area contributed by atoms with Crippen LogP contribution in [0.15, 0.2) is 18.2 Å². The number of ether oxygens (including phenoxy) is 1. The quantitative estimate of drug-likeness (QED) is 0.817. The number of rotatable bonds is 3. The Morgan fingerprint density at radius 1 is 1.11 bits per heavy atom. The Morgan fingerprint density at radius 3 is 2.50 bits per heavy atom. The Hall–Kier alpha value is -2.05. The number of aryl methyl sites for hydroxylation is 2. The Morgan fingerprint density at radius 2 is 1.79 bits per heavy atom. The van der Waals surface area contributed by atoms with Crippen LogP contribution in [0.25, 0.3) is 11.0 Å². The van der Waals surface area contributed by atoms with Gasteiger partial charge in [-0.15, -0.1) is 0 Å². The van der Waals surface area contributed by atoms with Crippen LogP contribution in [0.5, 0.6) is 0 Å². The molecule has 4 rings (SSSR count). The zero-order chi connectivity index (χ0) is 19.8. The summed E-state index contributed by atoms with van der Waals surface area (Å²) in [6.07, 6.45) is 2.63. The number of nitrogens with zero attached hydrogens (tertiary/aromatic N) is 4. The van der Waals surface area contributed by atoms with Crippen molar-refractivity contribution in [3.8, 4) is 0 Å². The molecule has 0 radical (unpaired) electrons. The zero-order valence-corrected chi connectivity index (χ0v) is 17.3. The van der Waals surface area contributed by atoms with Gasteiger partial charge in [0.1, 0.15) is 0 Å². The highest BCUT2D eigenvalue weighted by atomic mass is 16.5. The number of hydrogen-bond donors (Lipinski definition) is 0. The van der Waals surface area contributed by atoms with Crippen LogP contribution in [0.4, 0.5) is 0 Å². The normalized spacial score (nSPS) is 26.1. The lowest BCUT2D eigenvalue weighted by molar-refractivity contribution is -0.0715. The standard InChI is InChI=1S/C22H30N4O2/c1-14-11-25(12-15(2)28-14)13-19-6-5-9-26(19)22(27)18-7-8-20-21(10-18)24-17(4)16(3)23-20/h7-8,10,14-15,19H,5-6,9,11-13H2,1-4H3/t14-,15-,19+/m0/s1. The summed E-state index contributed by atoms with van der Waals surface area (Å²) in [6, 6.07) is 5.97. The molecule has 1 aromatic heterocycles. The van der Waals surface area contributed by atoms with Crippen molar-refractivity contribution in [3.05, 3.63) is 35.2 Å². The molecule has 28 heavy (non-hydrogen) atoms. The first-order valence-corrected chi connectivity index (χ1v) is 10.3. The van der Waals surface area contributed by atoms with Crippen molar-refractivity contribution in [2.24, 2.45) is 0 Å². The average molecular weight is 383 g/mol. The highest BCUT2D eigenvalue weighted by Crippen LogP contribution is 2.24. The van der Waals surface area contributed by atoms with Crippen LogP contribution >= 0.6 is 0 Å². The summed E-state index contributed by atoms with van der Waals surface area (Å²) in [4.78, 5) is 27.0. The van der Waals surface area contributed by atoms with Crippen LogP contribution in [0, 0.1) is 13.8 Å². The number of aromatic nitrogens is 2. The number of carbonyl (C=O) groups is 1. The van der Waals surface area contributed by atoms with E-state index in [0.29, 0.717) is 5.56 Å². The topological polar surface area (TPSA) is 58.6 Å². The van der Waals surface area contributed by atoms with Gasteiger partial charge in [-0.25, -0.2) is 9.97 Å². The summed E-state index contributed by atoms with van der Waals surface area (Å²) < 4.78 is 5.85. The first-order valence-electron chi connectivity index (χ1n) is 10.3. The molecule has 2 aromatic rings. The predicted octanol–water partition coefficient (Wildman–Crippen LogP) is 2.96. The number of benzene rings is 1. The molecule has 0 N–H and O–H groups in total. The third kappa shape index (κ3) is 3.89. The minimum atomic E-state index is 0.110. The molecule has 0 bridgehead atoms. The van der Waals surface area contributed by atoms with Gasteiger partial charge in [-0.3, -0.25) is 9.69 Å². The Bertz CT molecular complexity index is 874. The number of amides is 1. The summed E-state index contributed by atoms with van der Waals surface area (Å²) in [5.74, 6) is 0.110. The van der Waals surface area contributed by atoms with E-state index in [0.717, 1.165) is 61.4 Å². The van der Waals surface area contributed by atoms with E-state index in [1.165, 1.54) is 0 Å². The maximum atomic E-state index is 13.3. The molecule has 3 atom stereocenters. The molecule has 1 amide bonds. The summed E-state index contributed by atoms with van der Waals surface area (Å²) in [5, 5.41) is 0. The first kappa shape index (κ1) is 19.3. The van der Waals surface area contributed by atoms with Gasteiger partial charge in [0.05, 0.1) is 34.6 Å². The van der Waals surface area contributed by atoms with Gasteiger partial charge in [0.2, 0.25) is 0 Å². The van der Waals surface area contributed by atoms with E-state index in [9.17, 15) is 4.79 Å². The van der Waals surface area contributed by atoms with E-state index in [1.54, 1.807) is 0 Å². The fourth-order valence-corrected chi connectivity index (χ4v) is 4.55. The van der Waals surface area contributed by atoms with Crippen LogP contribution in [0.3, 0.4) is 0 Å². The van der Waals surface area contributed by atoms with E-state index < -0.39 is 0 Å². The smallest absolute Gasteiger partial charge is 0.254 e. The molecule has 0 saturated carbocycles. The average Bonchev–Trinajstić information content (AvgIpc) is 3.09. The van der Waals surface area contributed by atoms with Gasteiger partial charge in [-0.1, -0.05) is 0 Å². The van der Waals surface area contributed by atoms with Gasteiger partial charge in [0.25, 0.3) is 5.91 Å². The first-order chi connectivity index (χ1) is 13.4. The van der Waals surface area contributed by atoms with Gasteiger partial charge in [0.15, 0.2) is 0 Å². The molecule has 1 aromatic carbocycles. The molecule has 6 nitrogen and oxygen atoms in total. The van der Waals surface area contributed by atoms with Crippen molar-refractivity contribution in [1.82, 2.24) is 19.8 Å². The van der Waals surface area contributed by atoms with Gasteiger partial charge in [-0.2, -0.15) is 0 Å². The fourth-order valence-electron chi connectivity index (χ4n) is 4.55. The molecule has 3 heterocycles. The van der Waals surface area contributed by atoms with Crippen molar-refractivity contribution >= 4 is 16.9 Å². The lowest BCUT2D eigenvalue weighted by Crippen LogP contribution is -2.50. The molecule has 150 valence electrons. The fraction of sp³-hybridized carbons (Fsp3) is 0.591. The number of morpholine rings is 1. The minimum absolute atomic E-state index is 0.110. The molecule has 0 aliphatic carbocycles.